The van der Waals surface area contributed by atoms with Crippen LogP contribution in [-0.4, -0.2) is 9.78 Å². The number of nitrogens with zero attached hydrogens (tertiary/aromatic N) is 2. The Labute approximate surface area is 101 Å². The summed E-state index contributed by atoms with van der Waals surface area (Å²) in [6.07, 6.45) is 6.90. The zero-order valence-electron chi connectivity index (χ0n) is 9.89. The zero-order chi connectivity index (χ0) is 11.7. The third-order valence-corrected chi connectivity index (χ3v) is 3.46. The van der Waals surface area contributed by atoms with E-state index in [0.717, 1.165) is 17.7 Å². The molecule has 0 saturated carbocycles. The van der Waals surface area contributed by atoms with E-state index in [9.17, 15) is 0 Å². The molecule has 0 amide bonds. The van der Waals surface area contributed by atoms with E-state index in [1.807, 2.05) is 6.20 Å². The van der Waals surface area contributed by atoms with E-state index < -0.39 is 0 Å². The molecule has 0 atom stereocenters. The third kappa shape index (κ3) is 1.87. The fourth-order valence-electron chi connectivity index (χ4n) is 2.53. The van der Waals surface area contributed by atoms with Gasteiger partial charge in [0.25, 0.3) is 0 Å². The fourth-order valence-corrected chi connectivity index (χ4v) is 2.53. The van der Waals surface area contributed by atoms with E-state index >= 15 is 0 Å². The second-order valence-corrected chi connectivity index (χ2v) is 4.61. The molecule has 3 rings (SSSR count). The van der Waals surface area contributed by atoms with Gasteiger partial charge in [-0.15, -0.1) is 0 Å². The molecular formula is C14H17N3. The van der Waals surface area contributed by atoms with Crippen molar-refractivity contribution in [2.75, 3.05) is 0 Å². The number of hydrogen-bond donors (Lipinski definition) is 1. The van der Waals surface area contributed by atoms with Crippen molar-refractivity contribution < 1.29 is 0 Å². The van der Waals surface area contributed by atoms with Gasteiger partial charge in [-0.2, -0.15) is 5.10 Å². The van der Waals surface area contributed by atoms with E-state index in [2.05, 4.69) is 34.0 Å². The predicted molar refractivity (Wildman–Crippen MR) is 68.1 cm³/mol. The predicted octanol–water partition coefficient (Wildman–Crippen LogP) is 2.21. The molecule has 3 heteroatoms. The molecule has 3 nitrogen and oxygen atoms in total. The van der Waals surface area contributed by atoms with E-state index in [1.54, 1.807) is 0 Å². The molecule has 0 radical (unpaired) electrons. The first-order valence-corrected chi connectivity index (χ1v) is 6.23. The van der Waals surface area contributed by atoms with Crippen LogP contribution in [0.15, 0.2) is 30.5 Å². The van der Waals surface area contributed by atoms with E-state index in [0.29, 0.717) is 6.54 Å². The van der Waals surface area contributed by atoms with Gasteiger partial charge in [-0.1, -0.05) is 12.1 Å². The van der Waals surface area contributed by atoms with Gasteiger partial charge < -0.3 is 5.73 Å². The fraction of sp³-hybridized carbons (Fsp3) is 0.357. The van der Waals surface area contributed by atoms with Crippen LogP contribution in [-0.2, 0) is 19.4 Å². The Morgan fingerprint density at radius 3 is 3.00 bits per heavy atom. The molecule has 88 valence electrons. The summed E-state index contributed by atoms with van der Waals surface area (Å²) in [6, 6.07) is 8.33. The van der Waals surface area contributed by atoms with Crippen molar-refractivity contribution in [1.29, 1.82) is 0 Å². The highest BCUT2D eigenvalue weighted by molar-refractivity contribution is 5.38. The highest BCUT2D eigenvalue weighted by Gasteiger charge is 2.15. The first kappa shape index (κ1) is 10.5. The van der Waals surface area contributed by atoms with Crippen LogP contribution < -0.4 is 5.73 Å². The van der Waals surface area contributed by atoms with Crippen molar-refractivity contribution in [2.45, 2.75) is 32.2 Å². The topological polar surface area (TPSA) is 43.8 Å². The van der Waals surface area contributed by atoms with Crippen molar-refractivity contribution in [1.82, 2.24) is 9.78 Å². The molecule has 0 bridgehead atoms. The molecule has 0 fully saturated rings. The quantitative estimate of drug-likeness (QED) is 0.854. The third-order valence-electron chi connectivity index (χ3n) is 3.46. The summed E-state index contributed by atoms with van der Waals surface area (Å²) in [5, 5.41) is 4.52. The van der Waals surface area contributed by atoms with Gasteiger partial charge in [-0.05, 0) is 48.9 Å². The van der Waals surface area contributed by atoms with Crippen LogP contribution in [0.3, 0.4) is 0 Å². The largest absolute Gasteiger partial charge is 0.326 e. The number of aromatic nitrogens is 2. The number of hydrogen-bond acceptors (Lipinski definition) is 2. The standard InChI is InChI=1S/C14H17N3/c15-9-11-4-3-6-13(8-11)17-14-7-2-1-5-12(14)10-16-17/h3-4,6,8,10H,1-2,5,7,9,15H2. The molecule has 1 aromatic heterocycles. The highest BCUT2D eigenvalue weighted by Crippen LogP contribution is 2.23. The summed E-state index contributed by atoms with van der Waals surface area (Å²) >= 11 is 0. The second-order valence-electron chi connectivity index (χ2n) is 4.61. The minimum absolute atomic E-state index is 0.581. The molecular weight excluding hydrogens is 210 g/mol. The van der Waals surface area contributed by atoms with E-state index in [4.69, 9.17) is 5.73 Å². The monoisotopic (exact) mass is 227 g/mol. The van der Waals surface area contributed by atoms with Crippen molar-refractivity contribution in [3.63, 3.8) is 0 Å². The van der Waals surface area contributed by atoms with Gasteiger partial charge in [0.05, 0.1) is 11.9 Å². The molecule has 0 saturated heterocycles. The average Bonchev–Trinajstić information content (AvgIpc) is 2.82. The SMILES string of the molecule is NCc1cccc(-n2ncc3c2CCCC3)c1. The normalized spacial score (nSPS) is 14.6. The number of rotatable bonds is 2. The van der Waals surface area contributed by atoms with Crippen LogP contribution in [0.2, 0.25) is 0 Å². The second kappa shape index (κ2) is 4.34. The number of fused-ring (bicyclic) bond motifs is 1. The van der Waals surface area contributed by atoms with Crippen molar-refractivity contribution in [3.05, 3.63) is 47.3 Å². The number of benzene rings is 1. The van der Waals surface area contributed by atoms with E-state index in [1.165, 1.54) is 30.5 Å². The van der Waals surface area contributed by atoms with Gasteiger partial charge in [0, 0.05) is 12.2 Å². The van der Waals surface area contributed by atoms with Gasteiger partial charge >= 0.3 is 0 Å². The van der Waals surface area contributed by atoms with Crippen LogP contribution in [0, 0.1) is 0 Å². The lowest BCUT2D eigenvalue weighted by Crippen LogP contribution is -2.08. The summed E-state index contributed by atoms with van der Waals surface area (Å²) in [5.74, 6) is 0. The van der Waals surface area contributed by atoms with Gasteiger partial charge in [0.15, 0.2) is 0 Å². The van der Waals surface area contributed by atoms with Crippen molar-refractivity contribution >= 4 is 0 Å². The summed E-state index contributed by atoms with van der Waals surface area (Å²) in [5.41, 5.74) is 10.8. The van der Waals surface area contributed by atoms with Crippen molar-refractivity contribution in [2.24, 2.45) is 5.73 Å². The molecule has 1 aliphatic carbocycles. The van der Waals surface area contributed by atoms with Gasteiger partial charge in [0.1, 0.15) is 0 Å². The van der Waals surface area contributed by atoms with Gasteiger partial charge in [-0.25, -0.2) is 4.68 Å². The Kier molecular flexibility index (Phi) is 2.69. The summed E-state index contributed by atoms with van der Waals surface area (Å²) in [6.45, 7) is 0.581. The van der Waals surface area contributed by atoms with E-state index in [-0.39, 0.29) is 0 Å². The molecule has 1 heterocycles. The minimum atomic E-state index is 0.581. The minimum Gasteiger partial charge on any atom is -0.326 e. The Bertz CT molecular complexity index is 528. The molecule has 0 unspecified atom stereocenters. The maximum absolute atomic E-state index is 5.68. The first-order chi connectivity index (χ1) is 8.38. The Morgan fingerprint density at radius 2 is 2.12 bits per heavy atom. The van der Waals surface area contributed by atoms with Crippen molar-refractivity contribution in [3.8, 4) is 5.69 Å². The molecule has 2 N–H and O–H groups in total. The molecule has 0 spiro atoms. The van der Waals surface area contributed by atoms with Gasteiger partial charge in [-0.3, -0.25) is 0 Å². The van der Waals surface area contributed by atoms with Crippen LogP contribution in [0.4, 0.5) is 0 Å². The first-order valence-electron chi connectivity index (χ1n) is 6.23. The summed E-state index contributed by atoms with van der Waals surface area (Å²) in [7, 11) is 0. The summed E-state index contributed by atoms with van der Waals surface area (Å²) in [4.78, 5) is 0. The maximum atomic E-state index is 5.68. The molecule has 17 heavy (non-hydrogen) atoms. The maximum Gasteiger partial charge on any atom is 0.0652 e. The van der Waals surface area contributed by atoms with Crippen LogP contribution in [0.25, 0.3) is 5.69 Å². The molecule has 1 aliphatic rings. The average molecular weight is 227 g/mol. The number of aryl methyl sites for hydroxylation is 1. The lowest BCUT2D eigenvalue weighted by molar-refractivity contribution is 0.653. The Morgan fingerprint density at radius 1 is 1.24 bits per heavy atom. The number of nitrogens with two attached hydrogens (primary N) is 1. The Balaban J connectivity index is 2.05. The molecule has 2 aromatic rings. The zero-order valence-corrected chi connectivity index (χ0v) is 9.89. The van der Waals surface area contributed by atoms with Crippen LogP contribution in [0.5, 0.6) is 0 Å². The van der Waals surface area contributed by atoms with Crippen LogP contribution >= 0.6 is 0 Å². The molecule has 1 aromatic carbocycles. The lowest BCUT2D eigenvalue weighted by Gasteiger charge is -2.14. The van der Waals surface area contributed by atoms with Crippen LogP contribution in [0.1, 0.15) is 29.7 Å². The molecule has 0 aliphatic heterocycles. The lowest BCUT2D eigenvalue weighted by atomic mass is 9.98. The summed E-state index contributed by atoms with van der Waals surface area (Å²) < 4.78 is 2.08. The Hall–Kier alpha value is -1.61. The smallest absolute Gasteiger partial charge is 0.0652 e. The highest BCUT2D eigenvalue weighted by atomic mass is 15.3. The van der Waals surface area contributed by atoms with Gasteiger partial charge in [0.2, 0.25) is 0 Å².